The van der Waals surface area contributed by atoms with Crippen LogP contribution in [0.4, 0.5) is 0 Å². The highest BCUT2D eigenvalue weighted by Crippen LogP contribution is 2.41. The van der Waals surface area contributed by atoms with Gasteiger partial charge in [0.05, 0.1) is 17.4 Å². The highest BCUT2D eigenvalue weighted by Gasteiger charge is 2.31. The standard InChI is InChI=1S/C19H21N5O/c25-18(12-24-17-4-2-1-3-14(17)11-20-24)23-9-7-15-16(8-10-23)21-22-19(15)13-5-6-13/h1-4,11,13H,5-10,12H2,(H,21,22). The third kappa shape index (κ3) is 2.62. The van der Waals surface area contributed by atoms with Gasteiger partial charge in [0.15, 0.2) is 0 Å². The summed E-state index contributed by atoms with van der Waals surface area (Å²) in [7, 11) is 0. The highest BCUT2D eigenvalue weighted by atomic mass is 16.2. The Labute approximate surface area is 145 Å². The third-order valence-electron chi connectivity index (χ3n) is 5.40. The molecule has 1 fully saturated rings. The van der Waals surface area contributed by atoms with Crippen LogP contribution in [0.2, 0.25) is 0 Å². The number of carbonyl (C=O) groups is 1. The van der Waals surface area contributed by atoms with Gasteiger partial charge in [-0.2, -0.15) is 10.2 Å². The molecular formula is C19H21N5O. The van der Waals surface area contributed by atoms with E-state index in [9.17, 15) is 4.79 Å². The molecule has 1 aliphatic carbocycles. The van der Waals surface area contributed by atoms with Crippen LogP contribution in [0.25, 0.3) is 10.9 Å². The minimum atomic E-state index is 0.139. The SMILES string of the molecule is O=C(Cn1ncc2ccccc21)N1CCc2[nH]nc(C3CC3)c2CC1. The van der Waals surface area contributed by atoms with Gasteiger partial charge < -0.3 is 4.90 Å². The molecule has 0 radical (unpaired) electrons. The molecule has 2 aliphatic rings. The van der Waals surface area contributed by atoms with Crippen molar-refractivity contribution in [2.75, 3.05) is 13.1 Å². The van der Waals surface area contributed by atoms with E-state index in [-0.39, 0.29) is 5.91 Å². The first-order chi connectivity index (χ1) is 12.3. The maximum absolute atomic E-state index is 12.8. The van der Waals surface area contributed by atoms with Crippen LogP contribution in [0, 0.1) is 0 Å². The molecule has 0 bridgehead atoms. The van der Waals surface area contributed by atoms with Crippen molar-refractivity contribution in [1.29, 1.82) is 0 Å². The summed E-state index contributed by atoms with van der Waals surface area (Å²) in [5.41, 5.74) is 4.85. The molecule has 3 aromatic rings. The Morgan fingerprint density at radius 1 is 1.20 bits per heavy atom. The normalized spacial score (nSPS) is 17.5. The summed E-state index contributed by atoms with van der Waals surface area (Å²) in [6, 6.07) is 8.00. The summed E-state index contributed by atoms with van der Waals surface area (Å²) in [5.74, 6) is 0.789. The molecule has 1 N–H and O–H groups in total. The van der Waals surface area contributed by atoms with Gasteiger partial charge in [-0.05, 0) is 30.9 Å². The smallest absolute Gasteiger partial charge is 0.244 e. The number of hydrogen-bond donors (Lipinski definition) is 1. The quantitative estimate of drug-likeness (QED) is 0.798. The van der Waals surface area contributed by atoms with Gasteiger partial charge in [-0.25, -0.2) is 0 Å². The van der Waals surface area contributed by atoms with Crippen molar-refractivity contribution in [3.8, 4) is 0 Å². The van der Waals surface area contributed by atoms with E-state index in [4.69, 9.17) is 0 Å². The number of carbonyl (C=O) groups excluding carboxylic acids is 1. The van der Waals surface area contributed by atoms with Gasteiger partial charge in [0, 0.05) is 36.5 Å². The fraction of sp³-hybridized carbons (Fsp3) is 0.421. The number of aromatic amines is 1. The highest BCUT2D eigenvalue weighted by molar-refractivity contribution is 5.82. The molecule has 6 nitrogen and oxygen atoms in total. The zero-order chi connectivity index (χ0) is 16.8. The molecule has 0 unspecified atom stereocenters. The monoisotopic (exact) mass is 335 g/mol. The lowest BCUT2D eigenvalue weighted by atomic mass is 10.1. The Bertz CT molecular complexity index is 936. The molecule has 5 rings (SSSR count). The van der Waals surface area contributed by atoms with Crippen LogP contribution in [-0.2, 0) is 24.2 Å². The van der Waals surface area contributed by atoms with Gasteiger partial charge in [0.25, 0.3) is 0 Å². The second kappa shape index (κ2) is 5.72. The van der Waals surface area contributed by atoms with Crippen molar-refractivity contribution in [2.45, 2.75) is 38.1 Å². The zero-order valence-electron chi connectivity index (χ0n) is 14.1. The van der Waals surface area contributed by atoms with E-state index in [0.717, 1.165) is 36.8 Å². The van der Waals surface area contributed by atoms with E-state index in [1.807, 2.05) is 35.4 Å². The fourth-order valence-corrected chi connectivity index (χ4v) is 3.83. The number of para-hydroxylation sites is 1. The number of nitrogens with one attached hydrogen (secondary N) is 1. The lowest BCUT2D eigenvalue weighted by Gasteiger charge is -2.20. The Kier molecular flexibility index (Phi) is 3.36. The number of nitrogens with zero attached hydrogens (tertiary/aromatic N) is 4. The number of aromatic nitrogens is 4. The molecule has 0 atom stereocenters. The van der Waals surface area contributed by atoms with Gasteiger partial charge in [0.2, 0.25) is 5.91 Å². The largest absolute Gasteiger partial charge is 0.340 e. The first-order valence-electron chi connectivity index (χ1n) is 9.04. The van der Waals surface area contributed by atoms with E-state index in [0.29, 0.717) is 12.5 Å². The number of H-pyrrole nitrogens is 1. The molecule has 3 heterocycles. The van der Waals surface area contributed by atoms with E-state index in [1.54, 1.807) is 4.68 Å². The number of rotatable bonds is 3. The summed E-state index contributed by atoms with van der Waals surface area (Å²) in [4.78, 5) is 14.8. The maximum atomic E-state index is 12.8. The maximum Gasteiger partial charge on any atom is 0.244 e. The Morgan fingerprint density at radius 3 is 2.92 bits per heavy atom. The van der Waals surface area contributed by atoms with Gasteiger partial charge in [-0.3, -0.25) is 14.6 Å². The van der Waals surface area contributed by atoms with Crippen LogP contribution in [0.3, 0.4) is 0 Å². The van der Waals surface area contributed by atoms with Crippen LogP contribution >= 0.6 is 0 Å². The second-order valence-electron chi connectivity index (χ2n) is 7.08. The van der Waals surface area contributed by atoms with Gasteiger partial charge >= 0.3 is 0 Å². The zero-order valence-corrected chi connectivity index (χ0v) is 14.1. The molecule has 1 amide bonds. The van der Waals surface area contributed by atoms with Crippen LogP contribution < -0.4 is 0 Å². The van der Waals surface area contributed by atoms with Crippen LogP contribution in [0.1, 0.15) is 35.7 Å². The minimum absolute atomic E-state index is 0.139. The molecule has 6 heteroatoms. The number of hydrogen-bond acceptors (Lipinski definition) is 3. The first-order valence-corrected chi connectivity index (χ1v) is 9.04. The molecule has 1 saturated carbocycles. The van der Waals surface area contributed by atoms with Crippen LogP contribution in [0.15, 0.2) is 30.5 Å². The van der Waals surface area contributed by atoms with Crippen molar-refractivity contribution in [1.82, 2.24) is 24.9 Å². The predicted octanol–water partition coefficient (Wildman–Crippen LogP) is 2.26. The van der Waals surface area contributed by atoms with Gasteiger partial charge in [-0.15, -0.1) is 0 Å². The average Bonchev–Trinajstić information content (AvgIpc) is 3.34. The predicted molar refractivity (Wildman–Crippen MR) is 94.3 cm³/mol. The Balaban J connectivity index is 1.31. The molecule has 2 aromatic heterocycles. The van der Waals surface area contributed by atoms with Crippen LogP contribution in [-0.4, -0.2) is 43.9 Å². The molecule has 0 spiro atoms. The third-order valence-corrected chi connectivity index (χ3v) is 5.40. The summed E-state index contributed by atoms with van der Waals surface area (Å²) in [6.07, 6.45) is 6.10. The molecule has 1 aliphatic heterocycles. The average molecular weight is 335 g/mol. The summed E-state index contributed by atoms with van der Waals surface area (Å²) >= 11 is 0. The van der Waals surface area contributed by atoms with Crippen LogP contribution in [0.5, 0.6) is 0 Å². The van der Waals surface area contributed by atoms with Crippen molar-refractivity contribution in [2.24, 2.45) is 0 Å². The summed E-state index contributed by atoms with van der Waals surface area (Å²) < 4.78 is 1.80. The first kappa shape index (κ1) is 14.7. The van der Waals surface area contributed by atoms with Crippen molar-refractivity contribution < 1.29 is 4.79 Å². The molecule has 1 aromatic carbocycles. The van der Waals surface area contributed by atoms with Gasteiger partial charge in [-0.1, -0.05) is 18.2 Å². The van der Waals surface area contributed by atoms with E-state index in [2.05, 4.69) is 15.3 Å². The summed E-state index contributed by atoms with van der Waals surface area (Å²) in [5, 5.41) is 13.2. The fourth-order valence-electron chi connectivity index (χ4n) is 3.83. The molecule has 0 saturated heterocycles. The Morgan fingerprint density at radius 2 is 2.04 bits per heavy atom. The Hall–Kier alpha value is -2.63. The molecular weight excluding hydrogens is 314 g/mol. The van der Waals surface area contributed by atoms with Crippen molar-refractivity contribution in [3.05, 3.63) is 47.4 Å². The van der Waals surface area contributed by atoms with E-state index < -0.39 is 0 Å². The lowest BCUT2D eigenvalue weighted by Crippen LogP contribution is -2.36. The lowest BCUT2D eigenvalue weighted by molar-refractivity contribution is -0.131. The van der Waals surface area contributed by atoms with E-state index in [1.165, 1.54) is 29.8 Å². The van der Waals surface area contributed by atoms with E-state index >= 15 is 0 Å². The number of fused-ring (bicyclic) bond motifs is 2. The topological polar surface area (TPSA) is 66.8 Å². The van der Waals surface area contributed by atoms with Crippen molar-refractivity contribution >= 4 is 16.8 Å². The summed E-state index contributed by atoms with van der Waals surface area (Å²) in [6.45, 7) is 1.82. The minimum Gasteiger partial charge on any atom is -0.340 e. The number of benzene rings is 1. The number of amides is 1. The second-order valence-corrected chi connectivity index (χ2v) is 7.08. The van der Waals surface area contributed by atoms with Gasteiger partial charge in [0.1, 0.15) is 6.54 Å². The van der Waals surface area contributed by atoms with Crippen molar-refractivity contribution in [3.63, 3.8) is 0 Å². The molecule has 25 heavy (non-hydrogen) atoms. The molecule has 128 valence electrons.